The molecule has 0 saturated heterocycles. The maximum atomic E-state index is 10.8. The molecule has 0 aliphatic rings. The van der Waals surface area contributed by atoms with Crippen LogP contribution in [0.15, 0.2) is 72.8 Å². The number of nitrogens with zero attached hydrogens (tertiary/aromatic N) is 2. The van der Waals surface area contributed by atoms with E-state index < -0.39 is 4.92 Å². The van der Waals surface area contributed by atoms with E-state index in [1.165, 1.54) is 12.1 Å². The van der Waals surface area contributed by atoms with Gasteiger partial charge in [0.05, 0.1) is 10.5 Å². The van der Waals surface area contributed by atoms with E-state index in [1.54, 1.807) is 30.3 Å². The second kappa shape index (κ2) is 7.28. The van der Waals surface area contributed by atoms with Gasteiger partial charge in [-0.3, -0.25) is 10.1 Å². The minimum atomic E-state index is -0.434. The van der Waals surface area contributed by atoms with Crippen LogP contribution in [0.1, 0.15) is 11.1 Å². The molecule has 3 rings (SSSR count). The first-order valence-corrected chi connectivity index (χ1v) is 7.63. The third kappa shape index (κ3) is 3.82. The Kier molecular flexibility index (Phi) is 4.72. The number of non-ortho nitro benzene ring substituents is 1. The first-order chi connectivity index (χ1) is 12.2. The van der Waals surface area contributed by atoms with Gasteiger partial charge in [-0.25, -0.2) is 0 Å². The maximum Gasteiger partial charge on any atom is 0.269 e. The van der Waals surface area contributed by atoms with E-state index in [0.29, 0.717) is 17.9 Å². The van der Waals surface area contributed by atoms with Crippen molar-refractivity contribution in [3.63, 3.8) is 0 Å². The molecule has 0 atom stereocenters. The van der Waals surface area contributed by atoms with E-state index in [9.17, 15) is 15.4 Å². The molecule has 0 bridgehead atoms. The zero-order chi connectivity index (χ0) is 17.6. The molecule has 0 aliphatic carbocycles. The van der Waals surface area contributed by atoms with E-state index in [0.717, 1.165) is 16.7 Å². The number of rotatable bonds is 5. The minimum Gasteiger partial charge on any atom is -0.488 e. The van der Waals surface area contributed by atoms with Gasteiger partial charge in [0.2, 0.25) is 0 Å². The standard InChI is InChI=1S/C20H14N2O3/c21-13-18-7-6-17(16-8-10-19(11-9-16)22(23)24)12-20(18)25-14-15-4-2-1-3-5-15/h1-12H,14H2. The van der Waals surface area contributed by atoms with Gasteiger partial charge >= 0.3 is 0 Å². The Morgan fingerprint density at radius 2 is 1.64 bits per heavy atom. The van der Waals surface area contributed by atoms with Crippen LogP contribution in [0.25, 0.3) is 11.1 Å². The molecule has 25 heavy (non-hydrogen) atoms. The quantitative estimate of drug-likeness (QED) is 0.501. The highest BCUT2D eigenvalue weighted by atomic mass is 16.6. The Hall–Kier alpha value is -3.65. The second-order valence-corrected chi connectivity index (χ2v) is 5.40. The summed E-state index contributed by atoms with van der Waals surface area (Å²) in [6.07, 6.45) is 0. The third-order valence-electron chi connectivity index (χ3n) is 3.75. The Morgan fingerprint density at radius 1 is 0.960 bits per heavy atom. The lowest BCUT2D eigenvalue weighted by molar-refractivity contribution is -0.384. The smallest absolute Gasteiger partial charge is 0.269 e. The van der Waals surface area contributed by atoms with Crippen molar-refractivity contribution in [1.82, 2.24) is 0 Å². The topological polar surface area (TPSA) is 76.2 Å². The molecule has 0 aliphatic heterocycles. The highest BCUT2D eigenvalue weighted by molar-refractivity contribution is 5.68. The third-order valence-corrected chi connectivity index (χ3v) is 3.75. The first-order valence-electron chi connectivity index (χ1n) is 7.63. The second-order valence-electron chi connectivity index (χ2n) is 5.40. The Bertz CT molecular complexity index is 929. The molecule has 3 aromatic rings. The molecule has 5 nitrogen and oxygen atoms in total. The lowest BCUT2D eigenvalue weighted by atomic mass is 10.0. The van der Waals surface area contributed by atoms with Crippen LogP contribution in [-0.2, 0) is 6.61 Å². The largest absolute Gasteiger partial charge is 0.488 e. The summed E-state index contributed by atoms with van der Waals surface area (Å²) in [6.45, 7) is 0.360. The van der Waals surface area contributed by atoms with E-state index in [1.807, 2.05) is 30.3 Å². The van der Waals surface area contributed by atoms with Crippen LogP contribution in [0, 0.1) is 21.4 Å². The van der Waals surface area contributed by atoms with Crippen LogP contribution in [0.4, 0.5) is 5.69 Å². The summed E-state index contributed by atoms with van der Waals surface area (Å²) in [5, 5.41) is 20.0. The molecule has 3 aromatic carbocycles. The average Bonchev–Trinajstić information content (AvgIpc) is 2.67. The summed E-state index contributed by atoms with van der Waals surface area (Å²) in [5.41, 5.74) is 3.14. The summed E-state index contributed by atoms with van der Waals surface area (Å²) in [4.78, 5) is 10.3. The molecule has 0 aromatic heterocycles. The molecular formula is C20H14N2O3. The molecule has 0 unspecified atom stereocenters. The van der Waals surface area contributed by atoms with Crippen LogP contribution in [0.5, 0.6) is 5.75 Å². The minimum absolute atomic E-state index is 0.0398. The van der Waals surface area contributed by atoms with Gasteiger partial charge < -0.3 is 4.74 Å². The lowest BCUT2D eigenvalue weighted by Crippen LogP contribution is -1.97. The normalized spacial score (nSPS) is 10.0. The number of benzene rings is 3. The summed E-state index contributed by atoms with van der Waals surface area (Å²) in [5.74, 6) is 0.488. The van der Waals surface area contributed by atoms with Gasteiger partial charge in [0.25, 0.3) is 5.69 Å². The summed E-state index contributed by atoms with van der Waals surface area (Å²) < 4.78 is 5.81. The van der Waals surface area contributed by atoms with Crippen molar-refractivity contribution in [3.8, 4) is 22.9 Å². The van der Waals surface area contributed by atoms with Crippen LogP contribution in [0.3, 0.4) is 0 Å². The predicted octanol–water partition coefficient (Wildman–Crippen LogP) is 4.71. The van der Waals surface area contributed by atoms with Crippen LogP contribution < -0.4 is 4.74 Å². The van der Waals surface area contributed by atoms with Gasteiger partial charge in [-0.2, -0.15) is 5.26 Å². The fraction of sp³-hybridized carbons (Fsp3) is 0.0500. The van der Waals surface area contributed by atoms with Crippen molar-refractivity contribution >= 4 is 5.69 Å². The van der Waals surface area contributed by atoms with Crippen molar-refractivity contribution in [2.75, 3.05) is 0 Å². The van der Waals surface area contributed by atoms with E-state index in [4.69, 9.17) is 4.74 Å². The molecule has 122 valence electrons. The molecule has 5 heteroatoms. The molecule has 0 amide bonds. The van der Waals surface area contributed by atoms with Gasteiger partial charge in [0, 0.05) is 12.1 Å². The lowest BCUT2D eigenvalue weighted by Gasteiger charge is -2.10. The Morgan fingerprint density at radius 3 is 2.28 bits per heavy atom. The molecular weight excluding hydrogens is 316 g/mol. The van der Waals surface area contributed by atoms with Gasteiger partial charge in [0.1, 0.15) is 18.4 Å². The van der Waals surface area contributed by atoms with Crippen LogP contribution in [-0.4, -0.2) is 4.92 Å². The molecule has 0 heterocycles. The SMILES string of the molecule is N#Cc1ccc(-c2ccc([N+](=O)[O-])cc2)cc1OCc1ccccc1. The predicted molar refractivity (Wildman–Crippen MR) is 94.0 cm³/mol. The average molecular weight is 330 g/mol. The first kappa shape index (κ1) is 16.2. The van der Waals surface area contributed by atoms with Crippen LogP contribution in [0.2, 0.25) is 0 Å². The summed E-state index contributed by atoms with van der Waals surface area (Å²) >= 11 is 0. The number of nitro benzene ring substituents is 1. The summed E-state index contributed by atoms with van der Waals surface area (Å²) in [6, 6.07) is 23.4. The molecule has 0 fully saturated rings. The van der Waals surface area contributed by atoms with Crippen molar-refractivity contribution < 1.29 is 9.66 Å². The fourth-order valence-electron chi connectivity index (χ4n) is 2.42. The summed E-state index contributed by atoms with van der Waals surface area (Å²) in [7, 11) is 0. The van der Waals surface area contributed by atoms with E-state index in [-0.39, 0.29) is 5.69 Å². The number of ether oxygens (including phenoxy) is 1. The number of hydrogen-bond acceptors (Lipinski definition) is 4. The molecule has 0 spiro atoms. The van der Waals surface area contributed by atoms with Crippen molar-refractivity contribution in [3.05, 3.63) is 94.0 Å². The molecule has 0 saturated carbocycles. The van der Waals surface area contributed by atoms with Gasteiger partial charge in [0.15, 0.2) is 0 Å². The number of nitriles is 1. The number of hydrogen-bond donors (Lipinski definition) is 0. The Labute approximate surface area is 144 Å². The van der Waals surface area contributed by atoms with Crippen molar-refractivity contribution in [2.24, 2.45) is 0 Å². The maximum absolute atomic E-state index is 10.8. The molecule has 0 N–H and O–H groups in total. The van der Waals surface area contributed by atoms with E-state index in [2.05, 4.69) is 6.07 Å². The highest BCUT2D eigenvalue weighted by Crippen LogP contribution is 2.29. The van der Waals surface area contributed by atoms with Gasteiger partial charge in [-0.15, -0.1) is 0 Å². The monoisotopic (exact) mass is 330 g/mol. The van der Waals surface area contributed by atoms with Crippen molar-refractivity contribution in [1.29, 1.82) is 5.26 Å². The highest BCUT2D eigenvalue weighted by Gasteiger charge is 2.09. The van der Waals surface area contributed by atoms with Crippen molar-refractivity contribution in [2.45, 2.75) is 6.61 Å². The zero-order valence-corrected chi connectivity index (χ0v) is 13.3. The zero-order valence-electron chi connectivity index (χ0n) is 13.3. The fourth-order valence-corrected chi connectivity index (χ4v) is 2.42. The van der Waals surface area contributed by atoms with Gasteiger partial charge in [-0.1, -0.05) is 36.4 Å². The number of nitro groups is 1. The van der Waals surface area contributed by atoms with Crippen LogP contribution >= 0.6 is 0 Å². The van der Waals surface area contributed by atoms with Gasteiger partial charge in [-0.05, 0) is 41.0 Å². The van der Waals surface area contributed by atoms with E-state index >= 15 is 0 Å². The molecule has 0 radical (unpaired) electrons. The Balaban J connectivity index is 1.86.